The number of ether oxygens (including phenoxy) is 1. The van der Waals surface area contributed by atoms with Crippen molar-refractivity contribution in [1.82, 2.24) is 0 Å². The van der Waals surface area contributed by atoms with E-state index in [9.17, 15) is 4.79 Å². The number of rotatable bonds is 5. The number of hydrogen-bond acceptors (Lipinski definition) is 2. The van der Waals surface area contributed by atoms with E-state index in [0.29, 0.717) is 10.8 Å². The van der Waals surface area contributed by atoms with Gasteiger partial charge >= 0.3 is 5.97 Å². The van der Waals surface area contributed by atoms with Crippen molar-refractivity contribution in [2.24, 2.45) is 40.4 Å². The molecule has 7 atom stereocenters. The number of esters is 1. The molecule has 0 aromatic carbocycles. The third-order valence-corrected chi connectivity index (χ3v) is 9.78. The summed E-state index contributed by atoms with van der Waals surface area (Å²) in [5, 5.41) is 0. The van der Waals surface area contributed by atoms with Gasteiger partial charge in [0.1, 0.15) is 6.10 Å². The molecule has 2 nitrogen and oxygen atoms in total. The molecule has 3 fully saturated rings. The predicted octanol–water partition coefficient (Wildman–Crippen LogP) is 7.49. The van der Waals surface area contributed by atoms with Crippen molar-refractivity contribution in [2.45, 2.75) is 105 Å². The molecule has 4 rings (SSSR count). The molecule has 3 saturated carbocycles. The minimum absolute atomic E-state index is 0.112. The van der Waals surface area contributed by atoms with Crippen LogP contribution in [0.5, 0.6) is 0 Å². The highest BCUT2D eigenvalue weighted by molar-refractivity contribution is 5.66. The summed E-state index contributed by atoms with van der Waals surface area (Å²) in [5.74, 6) is 4.14. The van der Waals surface area contributed by atoms with Gasteiger partial charge < -0.3 is 4.74 Å². The third-order valence-electron chi connectivity index (χ3n) is 9.78. The Morgan fingerprint density at radius 1 is 1.13 bits per heavy atom. The Labute approximate surface area is 184 Å². The molecule has 4 aliphatic carbocycles. The van der Waals surface area contributed by atoms with E-state index in [1.54, 1.807) is 12.5 Å². The predicted molar refractivity (Wildman–Crippen MR) is 124 cm³/mol. The first kappa shape index (κ1) is 22.2. The first-order valence-electron chi connectivity index (χ1n) is 12.8. The molecule has 0 amide bonds. The molecule has 0 spiro atoms. The van der Waals surface area contributed by atoms with E-state index in [1.165, 1.54) is 51.4 Å². The van der Waals surface area contributed by atoms with Gasteiger partial charge in [0.25, 0.3) is 0 Å². The van der Waals surface area contributed by atoms with Crippen molar-refractivity contribution < 1.29 is 9.53 Å². The lowest BCUT2D eigenvalue weighted by Crippen LogP contribution is -2.50. The first-order chi connectivity index (χ1) is 14.2. The van der Waals surface area contributed by atoms with E-state index in [4.69, 9.17) is 4.74 Å². The van der Waals surface area contributed by atoms with Gasteiger partial charge in [0.05, 0.1) is 0 Å². The van der Waals surface area contributed by atoms with Crippen molar-refractivity contribution in [3.63, 3.8) is 0 Å². The molecule has 30 heavy (non-hydrogen) atoms. The molecule has 0 radical (unpaired) electrons. The monoisotopic (exact) mass is 412 g/mol. The number of carbonyl (C=O) groups is 1. The largest absolute Gasteiger partial charge is 0.462 e. The number of carbonyl (C=O) groups excluding carboxylic acids is 1. The highest BCUT2D eigenvalue weighted by Crippen LogP contribution is 2.66. The van der Waals surface area contributed by atoms with Gasteiger partial charge in [0.2, 0.25) is 0 Å². The van der Waals surface area contributed by atoms with E-state index in [1.807, 2.05) is 0 Å². The van der Waals surface area contributed by atoms with Gasteiger partial charge in [-0.05, 0) is 98.2 Å². The van der Waals surface area contributed by atoms with Crippen LogP contribution in [0.3, 0.4) is 0 Å². The fourth-order valence-electron chi connectivity index (χ4n) is 8.09. The molecule has 168 valence electrons. The van der Waals surface area contributed by atoms with Crippen LogP contribution in [0, 0.1) is 40.4 Å². The van der Waals surface area contributed by atoms with Crippen molar-refractivity contribution in [1.29, 1.82) is 0 Å². The lowest BCUT2D eigenvalue weighted by atomic mass is 9.47. The van der Waals surface area contributed by atoms with E-state index in [0.717, 1.165) is 42.4 Å². The lowest BCUT2D eigenvalue weighted by Gasteiger charge is -2.58. The van der Waals surface area contributed by atoms with E-state index in [-0.39, 0.29) is 12.1 Å². The average molecular weight is 413 g/mol. The van der Waals surface area contributed by atoms with E-state index in [2.05, 4.69) is 45.9 Å². The van der Waals surface area contributed by atoms with E-state index < -0.39 is 0 Å². The van der Waals surface area contributed by atoms with Crippen LogP contribution in [0.2, 0.25) is 0 Å². The summed E-state index contributed by atoms with van der Waals surface area (Å²) in [6.07, 6.45) is 20.3. The second kappa shape index (κ2) is 8.47. The molecule has 0 bridgehead atoms. The zero-order valence-electron chi connectivity index (χ0n) is 20.1. The number of fused-ring (bicyclic) bond motifs is 5. The van der Waals surface area contributed by atoms with Gasteiger partial charge in [-0.2, -0.15) is 0 Å². The maximum Gasteiger partial charge on any atom is 0.302 e. The highest BCUT2D eigenvalue weighted by atomic mass is 16.5. The zero-order valence-corrected chi connectivity index (χ0v) is 20.1. The van der Waals surface area contributed by atoms with Crippen molar-refractivity contribution in [2.75, 3.05) is 0 Å². The van der Waals surface area contributed by atoms with Gasteiger partial charge in [-0.3, -0.25) is 4.79 Å². The maximum atomic E-state index is 11.5. The molecule has 0 saturated heterocycles. The molecule has 0 N–H and O–H groups in total. The van der Waals surface area contributed by atoms with Gasteiger partial charge in [-0.15, -0.1) is 0 Å². The van der Waals surface area contributed by atoms with Gasteiger partial charge in [0.15, 0.2) is 0 Å². The summed E-state index contributed by atoms with van der Waals surface area (Å²) in [5.41, 5.74) is 2.49. The zero-order chi connectivity index (χ0) is 21.5. The molecule has 0 aliphatic heterocycles. The van der Waals surface area contributed by atoms with Crippen molar-refractivity contribution in [3.05, 3.63) is 23.8 Å². The van der Waals surface area contributed by atoms with Crippen LogP contribution in [0.1, 0.15) is 98.8 Å². The van der Waals surface area contributed by atoms with Gasteiger partial charge in [-0.1, -0.05) is 51.5 Å². The lowest BCUT2D eigenvalue weighted by molar-refractivity contribution is -0.148. The Kier molecular flexibility index (Phi) is 6.26. The van der Waals surface area contributed by atoms with Crippen LogP contribution in [-0.4, -0.2) is 12.1 Å². The Bertz CT molecular complexity index is 703. The number of hydrogen-bond donors (Lipinski definition) is 0. The molecular formula is C28H44O2. The fourth-order valence-corrected chi connectivity index (χ4v) is 8.09. The topological polar surface area (TPSA) is 26.3 Å². The van der Waals surface area contributed by atoms with Gasteiger partial charge in [0, 0.05) is 13.3 Å². The Morgan fingerprint density at radius 3 is 2.67 bits per heavy atom. The maximum absolute atomic E-state index is 11.5. The van der Waals surface area contributed by atoms with Crippen molar-refractivity contribution in [3.8, 4) is 0 Å². The molecule has 0 aromatic heterocycles. The molecule has 0 heterocycles. The Morgan fingerprint density at radius 2 is 1.93 bits per heavy atom. The molecule has 2 heteroatoms. The second-order valence-electron chi connectivity index (χ2n) is 11.9. The quantitative estimate of drug-likeness (QED) is 0.345. The van der Waals surface area contributed by atoms with Crippen LogP contribution in [0.15, 0.2) is 23.8 Å². The summed E-state index contributed by atoms with van der Waals surface area (Å²) < 4.78 is 5.60. The molecular weight excluding hydrogens is 368 g/mol. The van der Waals surface area contributed by atoms with Crippen LogP contribution in [-0.2, 0) is 9.53 Å². The summed E-state index contributed by atoms with van der Waals surface area (Å²) in [7, 11) is 0. The van der Waals surface area contributed by atoms with Crippen molar-refractivity contribution >= 4 is 5.97 Å². The summed E-state index contributed by atoms with van der Waals surface area (Å²) in [6.45, 7) is 11.4. The number of allylic oxidation sites excluding steroid dienone is 3. The summed E-state index contributed by atoms with van der Waals surface area (Å²) >= 11 is 0. The highest BCUT2D eigenvalue weighted by Gasteiger charge is 2.58. The standard InChI is InChI=1S/C28H44O2/c1-19(2)8-6-7-9-21-11-13-25-24-12-10-22-18-23(30-20(3)29)14-16-28(22,5)26(24)15-17-27(21,25)4/h6-7,10,19,21,23-26H,8-9,11-18H2,1-5H3/b7-6+. The minimum Gasteiger partial charge on any atom is -0.462 e. The molecule has 7 unspecified atom stereocenters. The van der Waals surface area contributed by atoms with Crippen LogP contribution >= 0.6 is 0 Å². The third kappa shape index (κ3) is 3.93. The summed E-state index contributed by atoms with van der Waals surface area (Å²) in [4.78, 5) is 11.5. The SMILES string of the molecule is CC(=O)OC1CCC2(C)C(=CCC3C2CCC2(C)C(C/C=C/CC(C)C)CCC32)C1. The molecule has 4 aliphatic rings. The van der Waals surface area contributed by atoms with Gasteiger partial charge in [-0.25, -0.2) is 0 Å². The Hall–Kier alpha value is -1.05. The first-order valence-corrected chi connectivity index (χ1v) is 12.8. The fraction of sp³-hybridized carbons (Fsp3) is 0.821. The van der Waals surface area contributed by atoms with Crippen LogP contribution in [0.25, 0.3) is 0 Å². The smallest absolute Gasteiger partial charge is 0.302 e. The summed E-state index contributed by atoms with van der Waals surface area (Å²) in [6, 6.07) is 0. The Balaban J connectivity index is 1.47. The second-order valence-corrected chi connectivity index (χ2v) is 11.9. The normalized spacial score (nSPS) is 43.1. The average Bonchev–Trinajstić information content (AvgIpc) is 3.01. The minimum atomic E-state index is -0.120. The van der Waals surface area contributed by atoms with Crippen LogP contribution in [0.4, 0.5) is 0 Å². The van der Waals surface area contributed by atoms with E-state index >= 15 is 0 Å². The molecule has 0 aromatic rings. The van der Waals surface area contributed by atoms with Crippen LogP contribution < -0.4 is 0 Å².